The van der Waals surface area contributed by atoms with Crippen molar-refractivity contribution in [1.29, 1.82) is 0 Å². The summed E-state index contributed by atoms with van der Waals surface area (Å²) < 4.78 is 15.6. The summed E-state index contributed by atoms with van der Waals surface area (Å²) in [6, 6.07) is 3.70. The molecule has 0 aliphatic heterocycles. The Balaban J connectivity index is 3.24. The molecule has 0 spiro atoms. The van der Waals surface area contributed by atoms with Crippen molar-refractivity contribution in [3.05, 3.63) is 23.3 Å². The summed E-state index contributed by atoms with van der Waals surface area (Å²) in [7, 11) is 4.89. The van der Waals surface area contributed by atoms with Gasteiger partial charge >= 0.3 is 0 Å². The number of hydrogen-bond donors (Lipinski definition) is 1. The van der Waals surface area contributed by atoms with E-state index in [1.54, 1.807) is 21.3 Å². The summed E-state index contributed by atoms with van der Waals surface area (Å²) in [6.07, 6.45) is 0. The lowest BCUT2D eigenvalue weighted by Crippen LogP contribution is -2.07. The molecule has 0 atom stereocenters. The number of ether oxygens (including phenoxy) is 3. The van der Waals surface area contributed by atoms with Gasteiger partial charge in [-0.15, -0.1) is 0 Å². The summed E-state index contributed by atoms with van der Waals surface area (Å²) >= 11 is 0. The van der Waals surface area contributed by atoms with E-state index in [4.69, 9.17) is 19.9 Å². The largest absolute Gasteiger partial charge is 0.496 e. The lowest BCUT2D eigenvalue weighted by Gasteiger charge is -2.15. The number of benzene rings is 1. The normalized spacial score (nSPS) is 10.1. The highest BCUT2D eigenvalue weighted by Gasteiger charge is 2.12. The van der Waals surface area contributed by atoms with Crippen LogP contribution in [-0.4, -0.2) is 21.3 Å². The maximum Gasteiger partial charge on any atom is 0.124 e. The van der Waals surface area contributed by atoms with Crippen LogP contribution < -0.4 is 15.2 Å². The molecule has 4 nitrogen and oxygen atoms in total. The van der Waals surface area contributed by atoms with Crippen LogP contribution in [0.25, 0.3) is 0 Å². The zero-order valence-electron chi connectivity index (χ0n) is 9.37. The van der Waals surface area contributed by atoms with Gasteiger partial charge in [0, 0.05) is 24.8 Å². The van der Waals surface area contributed by atoms with Gasteiger partial charge in [0.2, 0.25) is 0 Å². The Bertz CT molecular complexity index is 326. The molecular formula is C11H17NO3. The first-order valence-electron chi connectivity index (χ1n) is 4.70. The van der Waals surface area contributed by atoms with Gasteiger partial charge in [0.25, 0.3) is 0 Å². The second-order valence-electron chi connectivity index (χ2n) is 3.06. The molecule has 2 N–H and O–H groups in total. The molecule has 0 heterocycles. The highest BCUT2D eigenvalue weighted by Crippen LogP contribution is 2.30. The topological polar surface area (TPSA) is 53.7 Å². The van der Waals surface area contributed by atoms with Crippen molar-refractivity contribution in [1.82, 2.24) is 0 Å². The maximum atomic E-state index is 5.69. The van der Waals surface area contributed by atoms with Crippen molar-refractivity contribution < 1.29 is 14.2 Å². The summed E-state index contributed by atoms with van der Waals surface area (Å²) in [5.74, 6) is 1.54. The van der Waals surface area contributed by atoms with Crippen molar-refractivity contribution >= 4 is 0 Å². The Morgan fingerprint density at radius 2 is 1.53 bits per heavy atom. The Hall–Kier alpha value is -1.26. The quantitative estimate of drug-likeness (QED) is 0.797. The van der Waals surface area contributed by atoms with Crippen LogP contribution in [0.4, 0.5) is 0 Å². The molecule has 15 heavy (non-hydrogen) atoms. The van der Waals surface area contributed by atoms with Gasteiger partial charge in [-0.3, -0.25) is 0 Å². The first kappa shape index (κ1) is 11.8. The predicted octanol–water partition coefficient (Wildman–Crippen LogP) is 1.31. The summed E-state index contributed by atoms with van der Waals surface area (Å²) in [6.45, 7) is 0.867. The van der Waals surface area contributed by atoms with Crippen LogP contribution >= 0.6 is 0 Å². The van der Waals surface area contributed by atoms with E-state index >= 15 is 0 Å². The van der Waals surface area contributed by atoms with E-state index in [-0.39, 0.29) is 0 Å². The number of rotatable bonds is 5. The maximum absolute atomic E-state index is 5.69. The lowest BCUT2D eigenvalue weighted by atomic mass is 10.1. The lowest BCUT2D eigenvalue weighted by molar-refractivity contribution is 0.180. The van der Waals surface area contributed by atoms with E-state index in [1.807, 2.05) is 12.1 Å². The molecule has 0 radical (unpaired) electrons. The Labute approximate surface area is 89.9 Å². The van der Waals surface area contributed by atoms with Crippen LogP contribution in [-0.2, 0) is 17.9 Å². The zero-order chi connectivity index (χ0) is 11.3. The van der Waals surface area contributed by atoms with Gasteiger partial charge in [-0.25, -0.2) is 0 Å². The van der Waals surface area contributed by atoms with Gasteiger partial charge in [0.05, 0.1) is 20.8 Å². The molecule has 0 bridgehead atoms. The van der Waals surface area contributed by atoms with E-state index in [9.17, 15) is 0 Å². The number of methoxy groups -OCH3 is 3. The van der Waals surface area contributed by atoms with E-state index in [0.29, 0.717) is 13.2 Å². The average Bonchev–Trinajstić information content (AvgIpc) is 2.28. The van der Waals surface area contributed by atoms with Crippen molar-refractivity contribution in [3.8, 4) is 11.5 Å². The van der Waals surface area contributed by atoms with Gasteiger partial charge < -0.3 is 19.9 Å². The molecule has 1 aromatic carbocycles. The molecule has 0 fully saturated rings. The Morgan fingerprint density at radius 1 is 1.00 bits per heavy atom. The predicted molar refractivity (Wildman–Crippen MR) is 58.2 cm³/mol. The fourth-order valence-corrected chi connectivity index (χ4v) is 1.56. The minimum Gasteiger partial charge on any atom is -0.496 e. The third-order valence-electron chi connectivity index (χ3n) is 2.28. The minimum absolute atomic E-state index is 0.402. The molecule has 84 valence electrons. The van der Waals surface area contributed by atoms with Crippen molar-refractivity contribution in [2.75, 3.05) is 21.3 Å². The van der Waals surface area contributed by atoms with Crippen molar-refractivity contribution in [2.24, 2.45) is 5.73 Å². The Kier molecular flexibility index (Phi) is 4.39. The molecule has 0 aliphatic carbocycles. The second-order valence-corrected chi connectivity index (χ2v) is 3.06. The minimum atomic E-state index is 0.402. The first-order chi connectivity index (χ1) is 7.28. The number of hydrogen-bond acceptors (Lipinski definition) is 4. The van der Waals surface area contributed by atoms with Gasteiger partial charge in [0.15, 0.2) is 0 Å². The second kappa shape index (κ2) is 5.58. The molecule has 0 saturated carbocycles. The molecule has 0 saturated heterocycles. The molecule has 0 aliphatic rings. The van der Waals surface area contributed by atoms with E-state index < -0.39 is 0 Å². The smallest absolute Gasteiger partial charge is 0.124 e. The van der Waals surface area contributed by atoms with Crippen LogP contribution in [0.5, 0.6) is 11.5 Å². The third-order valence-corrected chi connectivity index (χ3v) is 2.28. The molecule has 0 unspecified atom stereocenters. The summed E-state index contributed by atoms with van der Waals surface area (Å²) in [5.41, 5.74) is 7.57. The van der Waals surface area contributed by atoms with Crippen LogP contribution in [0.1, 0.15) is 11.1 Å². The van der Waals surface area contributed by atoms with Gasteiger partial charge in [0.1, 0.15) is 11.5 Å². The van der Waals surface area contributed by atoms with Crippen molar-refractivity contribution in [2.45, 2.75) is 13.2 Å². The van der Waals surface area contributed by atoms with Gasteiger partial charge in [-0.05, 0) is 12.1 Å². The highest BCUT2D eigenvalue weighted by atomic mass is 16.5. The third kappa shape index (κ3) is 2.40. The van der Waals surface area contributed by atoms with Gasteiger partial charge in [-0.1, -0.05) is 0 Å². The Morgan fingerprint density at radius 3 is 1.93 bits per heavy atom. The van der Waals surface area contributed by atoms with Crippen LogP contribution in [0.3, 0.4) is 0 Å². The molecule has 0 amide bonds. The van der Waals surface area contributed by atoms with E-state index in [1.165, 1.54) is 0 Å². The van der Waals surface area contributed by atoms with E-state index in [0.717, 1.165) is 22.6 Å². The standard InChI is InChI=1S/C11H17NO3/c1-13-7-9-8(6-12)10(14-2)4-5-11(9)15-3/h4-5H,6-7,12H2,1-3H3. The average molecular weight is 211 g/mol. The fraction of sp³-hybridized carbons (Fsp3) is 0.455. The van der Waals surface area contributed by atoms with Crippen LogP contribution in [0.2, 0.25) is 0 Å². The van der Waals surface area contributed by atoms with Crippen molar-refractivity contribution in [3.63, 3.8) is 0 Å². The highest BCUT2D eigenvalue weighted by molar-refractivity contribution is 5.48. The zero-order valence-corrected chi connectivity index (χ0v) is 9.37. The first-order valence-corrected chi connectivity index (χ1v) is 4.70. The number of nitrogens with two attached hydrogens (primary N) is 1. The summed E-state index contributed by atoms with van der Waals surface area (Å²) in [4.78, 5) is 0. The van der Waals surface area contributed by atoms with E-state index in [2.05, 4.69) is 0 Å². The molecule has 1 aromatic rings. The molecule has 0 aromatic heterocycles. The molecular weight excluding hydrogens is 194 g/mol. The van der Waals surface area contributed by atoms with Crippen LogP contribution in [0.15, 0.2) is 12.1 Å². The van der Waals surface area contributed by atoms with Crippen LogP contribution in [0, 0.1) is 0 Å². The SMILES string of the molecule is COCc1c(OC)ccc(OC)c1CN. The fourth-order valence-electron chi connectivity index (χ4n) is 1.56. The van der Waals surface area contributed by atoms with Gasteiger partial charge in [-0.2, -0.15) is 0 Å². The summed E-state index contributed by atoms with van der Waals surface area (Å²) in [5, 5.41) is 0. The molecule has 4 heteroatoms. The monoisotopic (exact) mass is 211 g/mol. The molecule has 1 rings (SSSR count).